The molecular weight excluding hydrogens is 484 g/mol. The van der Waals surface area contributed by atoms with Crippen LogP contribution in [0.15, 0.2) is 79.4 Å². The van der Waals surface area contributed by atoms with Gasteiger partial charge in [-0.2, -0.15) is 0 Å². The standard InChI is InChI=1S/C27H29FNO6P/c1-4-15-33-26(30)19(3)29-36(32,35-24-9-7-6-8-10-24)25(28)21-13-11-20-12-14-22(18-23(20)17-21)27(31)34-16-5-2/h5-14,17-19,25H,2,4,15-16H2,1,3H3,(H,29,32)/t19-,25?,36?/m0/s1. The minimum Gasteiger partial charge on any atom is -0.465 e. The third kappa shape index (κ3) is 6.80. The van der Waals surface area contributed by atoms with Gasteiger partial charge >= 0.3 is 19.5 Å². The second-order valence-electron chi connectivity index (χ2n) is 8.06. The number of ether oxygens (including phenoxy) is 2. The van der Waals surface area contributed by atoms with E-state index in [1.807, 2.05) is 6.92 Å². The Morgan fingerprint density at radius 3 is 2.47 bits per heavy atom. The highest BCUT2D eigenvalue weighted by Gasteiger charge is 2.40. The third-order valence-corrected chi connectivity index (χ3v) is 7.29. The summed E-state index contributed by atoms with van der Waals surface area (Å²) in [7, 11) is -4.34. The summed E-state index contributed by atoms with van der Waals surface area (Å²) in [4.78, 5) is 24.5. The number of hydrogen-bond acceptors (Lipinski definition) is 6. The maximum absolute atomic E-state index is 16.0. The number of carbonyl (C=O) groups is 2. The number of carbonyl (C=O) groups excluding carboxylic acids is 2. The van der Waals surface area contributed by atoms with Gasteiger partial charge in [-0.1, -0.05) is 56.0 Å². The molecule has 0 amide bonds. The first kappa shape index (κ1) is 27.1. The van der Waals surface area contributed by atoms with Crippen LogP contribution in [0, 0.1) is 0 Å². The summed E-state index contributed by atoms with van der Waals surface area (Å²) >= 11 is 0. The topological polar surface area (TPSA) is 90.9 Å². The fraction of sp³-hybridized carbons (Fsp3) is 0.259. The molecule has 0 saturated carbocycles. The van der Waals surface area contributed by atoms with Crippen LogP contribution in [-0.2, 0) is 18.8 Å². The zero-order valence-corrected chi connectivity index (χ0v) is 21.1. The minimum atomic E-state index is -4.34. The molecule has 0 saturated heterocycles. The van der Waals surface area contributed by atoms with Crippen LogP contribution in [0.1, 0.15) is 42.1 Å². The lowest BCUT2D eigenvalue weighted by molar-refractivity contribution is -0.145. The lowest BCUT2D eigenvalue weighted by atomic mass is 10.0. The molecule has 0 aromatic heterocycles. The van der Waals surface area contributed by atoms with Crippen molar-refractivity contribution in [2.45, 2.75) is 32.2 Å². The summed E-state index contributed by atoms with van der Waals surface area (Å²) in [6.45, 7) is 7.05. The molecule has 0 aliphatic rings. The molecule has 0 spiro atoms. The Balaban J connectivity index is 1.95. The number of esters is 2. The van der Waals surface area contributed by atoms with Gasteiger partial charge in [0.05, 0.1) is 12.2 Å². The van der Waals surface area contributed by atoms with Crippen LogP contribution in [0.3, 0.4) is 0 Å². The van der Waals surface area contributed by atoms with Gasteiger partial charge in [-0.3, -0.25) is 9.36 Å². The summed E-state index contributed by atoms with van der Waals surface area (Å²) in [6, 6.07) is 16.6. The molecule has 3 rings (SSSR count). The maximum Gasteiger partial charge on any atom is 0.355 e. The van der Waals surface area contributed by atoms with Crippen molar-refractivity contribution in [1.29, 1.82) is 0 Å². The first-order valence-electron chi connectivity index (χ1n) is 11.5. The second kappa shape index (κ2) is 12.5. The third-order valence-electron chi connectivity index (χ3n) is 5.17. The molecule has 0 radical (unpaired) electrons. The summed E-state index contributed by atoms with van der Waals surface area (Å²) in [5.41, 5.74) is 0.339. The molecule has 0 aliphatic carbocycles. The molecule has 1 N–H and O–H groups in total. The van der Waals surface area contributed by atoms with E-state index in [0.29, 0.717) is 11.8 Å². The molecule has 0 aliphatic heterocycles. The molecule has 0 heterocycles. The Bertz CT molecular complexity index is 1270. The van der Waals surface area contributed by atoms with Crippen molar-refractivity contribution in [2.24, 2.45) is 0 Å². The quantitative estimate of drug-likeness (QED) is 0.171. The summed E-state index contributed by atoms with van der Waals surface area (Å²) in [5.74, 6) is -3.15. The van der Waals surface area contributed by atoms with Gasteiger partial charge in [-0.15, -0.1) is 0 Å². The van der Waals surface area contributed by atoms with Crippen molar-refractivity contribution < 1.29 is 32.5 Å². The van der Waals surface area contributed by atoms with Gasteiger partial charge in [-0.25, -0.2) is 14.3 Å². The number of para-hydroxylation sites is 1. The zero-order valence-electron chi connectivity index (χ0n) is 20.2. The Labute approximate surface area is 209 Å². The highest BCUT2D eigenvalue weighted by atomic mass is 31.2. The molecular formula is C27H29FNO6P. The van der Waals surface area contributed by atoms with Crippen molar-refractivity contribution in [1.82, 2.24) is 5.09 Å². The van der Waals surface area contributed by atoms with E-state index < -0.39 is 31.4 Å². The largest absolute Gasteiger partial charge is 0.465 e. The van der Waals surface area contributed by atoms with Crippen LogP contribution in [-0.4, -0.2) is 31.2 Å². The van der Waals surface area contributed by atoms with E-state index in [2.05, 4.69) is 11.7 Å². The predicted octanol–water partition coefficient (Wildman–Crippen LogP) is 6.35. The highest BCUT2D eigenvalue weighted by molar-refractivity contribution is 7.57. The highest BCUT2D eigenvalue weighted by Crippen LogP contribution is 2.57. The number of fused-ring (bicyclic) bond motifs is 1. The number of halogens is 1. The number of alkyl halides is 1. The zero-order chi connectivity index (χ0) is 26.1. The smallest absolute Gasteiger partial charge is 0.355 e. The molecule has 7 nitrogen and oxygen atoms in total. The monoisotopic (exact) mass is 513 g/mol. The van der Waals surface area contributed by atoms with Crippen LogP contribution >= 0.6 is 7.52 Å². The normalized spacial score (nSPS) is 14.3. The van der Waals surface area contributed by atoms with Crippen molar-refractivity contribution >= 4 is 30.2 Å². The number of benzene rings is 3. The summed E-state index contributed by atoms with van der Waals surface area (Å²) in [5, 5.41) is 3.84. The van der Waals surface area contributed by atoms with Gasteiger partial charge in [0, 0.05) is 0 Å². The summed E-state index contributed by atoms with van der Waals surface area (Å²) < 4.78 is 45.7. The van der Waals surface area contributed by atoms with Gasteiger partial charge in [0.25, 0.3) is 0 Å². The van der Waals surface area contributed by atoms with Crippen molar-refractivity contribution in [3.05, 3.63) is 90.5 Å². The van der Waals surface area contributed by atoms with E-state index >= 15 is 4.39 Å². The van der Waals surface area contributed by atoms with Crippen LogP contribution < -0.4 is 9.61 Å². The van der Waals surface area contributed by atoms with Crippen LogP contribution in [0.2, 0.25) is 0 Å². The average molecular weight is 514 g/mol. The molecule has 3 aromatic carbocycles. The van der Waals surface area contributed by atoms with E-state index in [-0.39, 0.29) is 30.1 Å². The molecule has 0 fully saturated rings. The first-order valence-corrected chi connectivity index (χ1v) is 13.2. The molecule has 0 bridgehead atoms. The minimum absolute atomic E-state index is 0.0556. The van der Waals surface area contributed by atoms with E-state index in [4.69, 9.17) is 14.0 Å². The van der Waals surface area contributed by atoms with Gasteiger partial charge in [0.1, 0.15) is 18.4 Å². The van der Waals surface area contributed by atoms with E-state index in [1.54, 1.807) is 54.6 Å². The summed E-state index contributed by atoms with van der Waals surface area (Å²) in [6.07, 6.45) is 2.07. The molecule has 2 unspecified atom stereocenters. The first-order chi connectivity index (χ1) is 17.3. The van der Waals surface area contributed by atoms with Crippen molar-refractivity contribution in [3.63, 3.8) is 0 Å². The van der Waals surface area contributed by atoms with E-state index in [1.165, 1.54) is 25.1 Å². The number of nitrogens with one attached hydrogen (secondary N) is 1. The SMILES string of the molecule is C=CCOC(=O)c1ccc2ccc(C(F)P(=O)(N[C@@H](C)C(=O)OCCC)Oc3ccccc3)cc2c1. The Hall–Kier alpha value is -3.48. The lowest BCUT2D eigenvalue weighted by Crippen LogP contribution is -2.35. The van der Waals surface area contributed by atoms with E-state index in [0.717, 1.165) is 5.39 Å². The van der Waals surface area contributed by atoms with Crippen molar-refractivity contribution in [2.75, 3.05) is 13.2 Å². The molecule has 9 heteroatoms. The molecule has 3 atom stereocenters. The molecule has 190 valence electrons. The Kier molecular flexibility index (Phi) is 9.39. The Morgan fingerprint density at radius 2 is 1.78 bits per heavy atom. The average Bonchev–Trinajstić information content (AvgIpc) is 2.89. The van der Waals surface area contributed by atoms with Crippen molar-refractivity contribution in [3.8, 4) is 5.75 Å². The maximum atomic E-state index is 16.0. The molecule has 36 heavy (non-hydrogen) atoms. The van der Waals surface area contributed by atoms with Crippen LogP contribution in [0.4, 0.5) is 4.39 Å². The van der Waals surface area contributed by atoms with Crippen LogP contribution in [0.5, 0.6) is 5.75 Å². The van der Waals surface area contributed by atoms with Gasteiger partial charge in [0.2, 0.25) is 5.91 Å². The number of rotatable bonds is 12. The fourth-order valence-corrected chi connectivity index (χ4v) is 5.29. The second-order valence-corrected chi connectivity index (χ2v) is 10.2. The lowest BCUT2D eigenvalue weighted by Gasteiger charge is -2.26. The van der Waals surface area contributed by atoms with Crippen LogP contribution in [0.25, 0.3) is 10.8 Å². The number of hydrogen-bond donors (Lipinski definition) is 1. The van der Waals surface area contributed by atoms with Gasteiger partial charge in [-0.05, 0) is 60.0 Å². The van der Waals surface area contributed by atoms with Gasteiger partial charge in [0.15, 0.2) is 0 Å². The Morgan fingerprint density at radius 1 is 1.06 bits per heavy atom. The molecule has 3 aromatic rings. The predicted molar refractivity (Wildman–Crippen MR) is 137 cm³/mol. The van der Waals surface area contributed by atoms with E-state index in [9.17, 15) is 14.2 Å². The fourth-order valence-electron chi connectivity index (χ4n) is 3.38. The van der Waals surface area contributed by atoms with Gasteiger partial charge < -0.3 is 14.0 Å².